The summed E-state index contributed by atoms with van der Waals surface area (Å²) in [5, 5.41) is 4.06. The first-order chi connectivity index (χ1) is 10.2. The van der Waals surface area contributed by atoms with E-state index in [-0.39, 0.29) is 11.4 Å². The van der Waals surface area contributed by atoms with Crippen LogP contribution in [-0.2, 0) is 17.1 Å². The predicted octanol–water partition coefficient (Wildman–Crippen LogP) is 2.12. The lowest BCUT2D eigenvalue weighted by molar-refractivity contribution is 0.380. The molecule has 0 amide bonds. The third-order valence-corrected chi connectivity index (χ3v) is 4.61. The van der Waals surface area contributed by atoms with E-state index < -0.39 is 26.6 Å². The zero-order valence-corrected chi connectivity index (χ0v) is 13.3. The number of aromatic nitrogens is 2. The van der Waals surface area contributed by atoms with E-state index in [4.69, 9.17) is 0 Å². The number of methoxy groups -OCH3 is 1. The summed E-state index contributed by atoms with van der Waals surface area (Å²) in [6.45, 7) is 3.26. The van der Waals surface area contributed by atoms with Gasteiger partial charge in [0.2, 0.25) is 0 Å². The van der Waals surface area contributed by atoms with Crippen LogP contribution in [0.2, 0.25) is 0 Å². The van der Waals surface area contributed by atoms with Gasteiger partial charge < -0.3 is 4.74 Å². The lowest BCUT2D eigenvalue weighted by Gasteiger charge is -2.11. The molecule has 0 aliphatic rings. The lowest BCUT2D eigenvalue weighted by atomic mass is 10.3. The van der Waals surface area contributed by atoms with Gasteiger partial charge in [-0.25, -0.2) is 17.2 Å². The van der Waals surface area contributed by atoms with Crippen LogP contribution in [0.4, 0.5) is 14.5 Å². The zero-order chi connectivity index (χ0) is 16.7. The largest absolute Gasteiger partial charge is 0.494 e. The molecule has 6 nitrogen and oxygen atoms in total. The number of aryl methyl sites for hydroxylation is 2. The van der Waals surface area contributed by atoms with E-state index in [0.717, 1.165) is 7.11 Å². The van der Waals surface area contributed by atoms with Gasteiger partial charge in [-0.3, -0.25) is 9.40 Å². The minimum absolute atomic E-state index is 0.234. The fourth-order valence-corrected chi connectivity index (χ4v) is 3.23. The van der Waals surface area contributed by atoms with Crippen LogP contribution in [0.25, 0.3) is 0 Å². The first kappa shape index (κ1) is 16.2. The van der Waals surface area contributed by atoms with Crippen molar-refractivity contribution in [2.24, 2.45) is 7.05 Å². The van der Waals surface area contributed by atoms with Crippen LogP contribution in [0.1, 0.15) is 11.4 Å². The number of rotatable bonds is 4. The average Bonchev–Trinajstić information content (AvgIpc) is 2.67. The Morgan fingerprint density at radius 3 is 2.36 bits per heavy atom. The molecule has 0 unspecified atom stereocenters. The van der Waals surface area contributed by atoms with E-state index in [1.54, 1.807) is 20.9 Å². The van der Waals surface area contributed by atoms with E-state index in [1.807, 2.05) is 0 Å². The smallest absolute Gasteiger partial charge is 0.265 e. The molecule has 1 aromatic carbocycles. The molecule has 9 heteroatoms. The van der Waals surface area contributed by atoms with Gasteiger partial charge in [0, 0.05) is 19.2 Å². The topological polar surface area (TPSA) is 73.2 Å². The van der Waals surface area contributed by atoms with Crippen molar-refractivity contribution < 1.29 is 21.9 Å². The lowest BCUT2D eigenvalue weighted by Crippen LogP contribution is -2.16. The Hall–Kier alpha value is -2.16. The molecule has 0 saturated heterocycles. The Morgan fingerprint density at radius 1 is 1.23 bits per heavy atom. The van der Waals surface area contributed by atoms with Crippen molar-refractivity contribution in [1.29, 1.82) is 0 Å². The number of nitrogens with one attached hydrogen (secondary N) is 1. The van der Waals surface area contributed by atoms with Gasteiger partial charge >= 0.3 is 0 Å². The van der Waals surface area contributed by atoms with Gasteiger partial charge in [-0.15, -0.1) is 0 Å². The number of ether oxygens (including phenoxy) is 1. The van der Waals surface area contributed by atoms with Crippen LogP contribution in [0.3, 0.4) is 0 Å². The summed E-state index contributed by atoms with van der Waals surface area (Å²) in [5.74, 6) is -2.45. The summed E-state index contributed by atoms with van der Waals surface area (Å²) in [7, 11) is -1.49. The summed E-state index contributed by atoms with van der Waals surface area (Å²) in [6, 6.07) is 1.27. The molecule has 1 heterocycles. The average molecular weight is 331 g/mol. The summed E-state index contributed by atoms with van der Waals surface area (Å²) in [5.41, 5.74) is 1.21. The molecule has 0 radical (unpaired) electrons. The minimum Gasteiger partial charge on any atom is -0.494 e. The van der Waals surface area contributed by atoms with Crippen molar-refractivity contribution in [2.75, 3.05) is 11.8 Å². The van der Waals surface area contributed by atoms with Gasteiger partial charge in [0.1, 0.15) is 10.7 Å². The summed E-state index contributed by atoms with van der Waals surface area (Å²) in [4.78, 5) is -0.798. The van der Waals surface area contributed by atoms with Crippen molar-refractivity contribution in [3.8, 4) is 5.75 Å². The number of benzene rings is 1. The molecule has 2 rings (SSSR count). The molecule has 0 bridgehead atoms. The Bertz CT molecular complexity index is 832. The standard InChI is InChI=1S/C13H15F2N3O3S/c1-7-13(8(2)18(3)16-7)17-22(19,20)12-6-9(14)11(21-4)5-10(12)15/h5-6,17H,1-4H3. The zero-order valence-electron chi connectivity index (χ0n) is 12.4. The molecular weight excluding hydrogens is 316 g/mol. The Morgan fingerprint density at radius 2 is 1.86 bits per heavy atom. The van der Waals surface area contributed by atoms with E-state index >= 15 is 0 Å². The SMILES string of the molecule is COc1cc(F)c(S(=O)(=O)Nc2c(C)nn(C)c2C)cc1F. The molecule has 120 valence electrons. The Labute approximate surface area is 126 Å². The molecule has 1 aromatic heterocycles. The van der Waals surface area contributed by atoms with E-state index in [2.05, 4.69) is 14.6 Å². The first-order valence-corrected chi connectivity index (χ1v) is 7.71. The van der Waals surface area contributed by atoms with Gasteiger partial charge in [0.25, 0.3) is 10.0 Å². The molecule has 0 fully saturated rings. The molecule has 0 atom stereocenters. The highest BCUT2D eigenvalue weighted by Crippen LogP contribution is 2.27. The van der Waals surface area contributed by atoms with Crippen LogP contribution < -0.4 is 9.46 Å². The monoisotopic (exact) mass is 331 g/mol. The number of sulfonamides is 1. The van der Waals surface area contributed by atoms with Crippen LogP contribution in [0.5, 0.6) is 5.75 Å². The van der Waals surface area contributed by atoms with E-state index in [1.165, 1.54) is 4.68 Å². The number of halogens is 2. The number of nitrogens with zero attached hydrogens (tertiary/aromatic N) is 2. The second-order valence-corrected chi connectivity index (χ2v) is 6.34. The van der Waals surface area contributed by atoms with E-state index in [0.29, 0.717) is 23.5 Å². The first-order valence-electron chi connectivity index (χ1n) is 6.23. The van der Waals surface area contributed by atoms with Crippen molar-refractivity contribution in [3.05, 3.63) is 35.2 Å². The molecule has 0 aliphatic carbocycles. The van der Waals surface area contributed by atoms with Crippen molar-refractivity contribution >= 4 is 15.7 Å². The van der Waals surface area contributed by atoms with Gasteiger partial charge in [0.05, 0.1) is 24.2 Å². The highest BCUT2D eigenvalue weighted by molar-refractivity contribution is 7.92. The van der Waals surface area contributed by atoms with Gasteiger partial charge in [0.15, 0.2) is 11.6 Å². The molecule has 2 aromatic rings. The molecule has 0 spiro atoms. The molecule has 22 heavy (non-hydrogen) atoms. The van der Waals surface area contributed by atoms with Crippen LogP contribution in [0, 0.1) is 25.5 Å². The third-order valence-electron chi connectivity index (χ3n) is 3.24. The second-order valence-electron chi connectivity index (χ2n) is 4.69. The van der Waals surface area contributed by atoms with E-state index in [9.17, 15) is 17.2 Å². The quantitative estimate of drug-likeness (QED) is 0.931. The van der Waals surface area contributed by atoms with Gasteiger partial charge in [-0.2, -0.15) is 5.10 Å². The van der Waals surface area contributed by atoms with Crippen LogP contribution in [-0.4, -0.2) is 25.3 Å². The fourth-order valence-electron chi connectivity index (χ4n) is 1.98. The highest BCUT2D eigenvalue weighted by Gasteiger charge is 2.24. The maximum Gasteiger partial charge on any atom is 0.265 e. The van der Waals surface area contributed by atoms with Crippen LogP contribution in [0.15, 0.2) is 17.0 Å². The molecule has 1 N–H and O–H groups in total. The number of hydrogen-bond donors (Lipinski definition) is 1. The molecular formula is C13H15F2N3O3S. The number of anilines is 1. The van der Waals surface area contributed by atoms with Crippen molar-refractivity contribution in [2.45, 2.75) is 18.7 Å². The minimum atomic E-state index is -4.30. The van der Waals surface area contributed by atoms with Crippen molar-refractivity contribution in [1.82, 2.24) is 9.78 Å². The van der Waals surface area contributed by atoms with Gasteiger partial charge in [-0.1, -0.05) is 0 Å². The maximum atomic E-state index is 13.9. The Kier molecular flexibility index (Phi) is 4.10. The second kappa shape index (κ2) is 5.56. The van der Waals surface area contributed by atoms with Crippen LogP contribution >= 0.6 is 0 Å². The highest BCUT2D eigenvalue weighted by atomic mass is 32.2. The molecule has 0 aliphatic heterocycles. The summed E-state index contributed by atoms with van der Waals surface area (Å²) < 4.78 is 60.5. The molecule has 0 saturated carbocycles. The third kappa shape index (κ3) is 2.76. The van der Waals surface area contributed by atoms with Gasteiger partial charge in [-0.05, 0) is 13.8 Å². The Balaban J connectivity index is 2.50. The number of hydrogen-bond acceptors (Lipinski definition) is 4. The maximum absolute atomic E-state index is 13.9. The normalized spacial score (nSPS) is 11.5. The summed E-state index contributed by atoms with van der Waals surface area (Å²) in [6.07, 6.45) is 0. The predicted molar refractivity (Wildman–Crippen MR) is 76.4 cm³/mol. The summed E-state index contributed by atoms with van der Waals surface area (Å²) >= 11 is 0. The fraction of sp³-hybridized carbons (Fsp3) is 0.308. The van der Waals surface area contributed by atoms with Crippen molar-refractivity contribution in [3.63, 3.8) is 0 Å².